The van der Waals surface area contributed by atoms with E-state index in [-0.39, 0.29) is 11.5 Å². The maximum atomic E-state index is 6.76. The number of benzene rings is 1. The summed E-state index contributed by atoms with van der Waals surface area (Å²) in [6.45, 7) is 2.12. The highest BCUT2D eigenvalue weighted by Crippen LogP contribution is 2.40. The molecule has 1 aromatic carbocycles. The van der Waals surface area contributed by atoms with E-state index in [0.29, 0.717) is 0 Å². The molecular formula is C18H19ClOS. The Kier molecular flexibility index (Phi) is 3.47. The molecule has 0 N–H and O–H groups in total. The van der Waals surface area contributed by atoms with E-state index in [0.717, 1.165) is 12.2 Å². The van der Waals surface area contributed by atoms with Crippen LogP contribution in [0.4, 0.5) is 0 Å². The van der Waals surface area contributed by atoms with Gasteiger partial charge in [-0.2, -0.15) is 0 Å². The normalized spacial score (nSPS) is 21.5. The molecule has 1 aliphatic carbocycles. The lowest BCUT2D eigenvalue weighted by Gasteiger charge is -2.09. The van der Waals surface area contributed by atoms with Crippen LogP contribution in [0.2, 0.25) is 0 Å². The molecule has 0 radical (unpaired) electrons. The van der Waals surface area contributed by atoms with Crippen molar-refractivity contribution in [1.29, 1.82) is 0 Å². The van der Waals surface area contributed by atoms with E-state index in [1.807, 2.05) is 11.3 Å². The topological polar surface area (TPSA) is 9.23 Å². The van der Waals surface area contributed by atoms with Crippen molar-refractivity contribution < 1.29 is 4.74 Å². The average molecular weight is 319 g/mol. The quantitative estimate of drug-likeness (QED) is 0.685. The molecule has 2 unspecified atom stereocenters. The first-order chi connectivity index (χ1) is 10.2. The summed E-state index contributed by atoms with van der Waals surface area (Å²) in [5.41, 5.74) is 4.03. The van der Waals surface area contributed by atoms with E-state index < -0.39 is 0 Å². The molecule has 1 aliphatic heterocycles. The molecule has 0 saturated heterocycles. The van der Waals surface area contributed by atoms with Crippen LogP contribution in [-0.2, 0) is 19.3 Å². The molecule has 0 bridgehead atoms. The molecule has 4 rings (SSSR count). The fourth-order valence-corrected chi connectivity index (χ4v) is 5.00. The van der Waals surface area contributed by atoms with Gasteiger partial charge in [0.05, 0.1) is 5.38 Å². The molecular weight excluding hydrogens is 300 g/mol. The summed E-state index contributed by atoms with van der Waals surface area (Å²) in [5.74, 6) is 1.03. The standard InChI is InChI=1S/C18H19ClOS/c1-11-8-14-9-13(6-7-15(14)20-11)18(19)17-10-12-4-2-3-5-16(12)21-17/h6-7,9-11,18H,2-5,8H2,1H3. The third kappa shape index (κ3) is 2.49. The third-order valence-corrected chi connectivity index (χ3v) is 6.40. The second-order valence-corrected chi connectivity index (χ2v) is 7.77. The molecule has 2 aliphatic rings. The van der Waals surface area contributed by atoms with Gasteiger partial charge in [-0.15, -0.1) is 22.9 Å². The van der Waals surface area contributed by atoms with Crippen molar-refractivity contribution in [2.24, 2.45) is 0 Å². The predicted octanol–water partition coefficient (Wildman–Crippen LogP) is 5.28. The van der Waals surface area contributed by atoms with E-state index in [2.05, 4.69) is 31.2 Å². The van der Waals surface area contributed by atoms with Gasteiger partial charge in [0, 0.05) is 16.2 Å². The summed E-state index contributed by atoms with van der Waals surface area (Å²) in [5, 5.41) is -0.0261. The summed E-state index contributed by atoms with van der Waals surface area (Å²) in [6.07, 6.45) is 6.40. The first kappa shape index (κ1) is 13.7. The Labute approximate surface area is 134 Å². The lowest BCUT2D eigenvalue weighted by atomic mass is 9.98. The van der Waals surface area contributed by atoms with Crippen LogP contribution in [0.25, 0.3) is 0 Å². The van der Waals surface area contributed by atoms with Gasteiger partial charge >= 0.3 is 0 Å². The van der Waals surface area contributed by atoms with Crippen LogP contribution in [-0.4, -0.2) is 6.10 Å². The largest absolute Gasteiger partial charge is 0.490 e. The third-order valence-electron chi connectivity index (χ3n) is 4.48. The summed E-state index contributed by atoms with van der Waals surface area (Å²) >= 11 is 8.67. The van der Waals surface area contributed by atoms with Gasteiger partial charge in [-0.3, -0.25) is 0 Å². The lowest BCUT2D eigenvalue weighted by molar-refractivity contribution is 0.254. The van der Waals surface area contributed by atoms with E-state index in [1.54, 1.807) is 4.88 Å². The van der Waals surface area contributed by atoms with Crippen LogP contribution >= 0.6 is 22.9 Å². The maximum Gasteiger partial charge on any atom is 0.123 e. The monoisotopic (exact) mass is 318 g/mol. The van der Waals surface area contributed by atoms with Crippen LogP contribution in [0.3, 0.4) is 0 Å². The van der Waals surface area contributed by atoms with Crippen molar-refractivity contribution in [3.05, 3.63) is 50.7 Å². The van der Waals surface area contributed by atoms with E-state index in [4.69, 9.17) is 16.3 Å². The molecule has 0 saturated carbocycles. The summed E-state index contributed by atoms with van der Waals surface area (Å²) in [4.78, 5) is 2.86. The minimum absolute atomic E-state index is 0.0261. The molecule has 2 heterocycles. The van der Waals surface area contributed by atoms with Crippen LogP contribution < -0.4 is 4.74 Å². The van der Waals surface area contributed by atoms with Gasteiger partial charge in [0.1, 0.15) is 11.9 Å². The zero-order valence-corrected chi connectivity index (χ0v) is 13.8. The van der Waals surface area contributed by atoms with Gasteiger partial charge < -0.3 is 4.74 Å². The number of alkyl halides is 1. The number of hydrogen-bond acceptors (Lipinski definition) is 2. The molecule has 110 valence electrons. The second-order valence-electron chi connectivity index (χ2n) is 6.17. The number of ether oxygens (including phenoxy) is 1. The molecule has 0 amide bonds. The summed E-state index contributed by atoms with van der Waals surface area (Å²) in [6, 6.07) is 8.77. The molecule has 3 heteroatoms. The summed E-state index contributed by atoms with van der Waals surface area (Å²) < 4.78 is 5.77. The average Bonchev–Trinajstić information content (AvgIpc) is 3.07. The van der Waals surface area contributed by atoms with Gasteiger partial charge in [0.25, 0.3) is 0 Å². The Hall–Kier alpha value is -0.990. The number of hydrogen-bond donors (Lipinski definition) is 0. The number of aryl methyl sites for hydroxylation is 2. The fourth-order valence-electron chi connectivity index (χ4n) is 3.40. The van der Waals surface area contributed by atoms with Crippen LogP contribution in [0.15, 0.2) is 24.3 Å². The van der Waals surface area contributed by atoms with E-state index >= 15 is 0 Å². The zero-order valence-electron chi connectivity index (χ0n) is 12.2. The highest BCUT2D eigenvalue weighted by molar-refractivity contribution is 7.12. The van der Waals surface area contributed by atoms with Crippen molar-refractivity contribution in [1.82, 2.24) is 0 Å². The number of fused-ring (bicyclic) bond motifs is 2. The minimum atomic E-state index is -0.0261. The van der Waals surface area contributed by atoms with E-state index in [9.17, 15) is 0 Å². The fraction of sp³-hybridized carbons (Fsp3) is 0.444. The molecule has 2 aromatic rings. The smallest absolute Gasteiger partial charge is 0.123 e. The first-order valence-corrected chi connectivity index (χ1v) is 9.01. The Morgan fingerprint density at radius 1 is 1.19 bits per heavy atom. The van der Waals surface area contributed by atoms with Gasteiger partial charge in [-0.1, -0.05) is 12.1 Å². The van der Waals surface area contributed by atoms with Gasteiger partial charge in [0.2, 0.25) is 0 Å². The Morgan fingerprint density at radius 2 is 2.05 bits per heavy atom. The van der Waals surface area contributed by atoms with Gasteiger partial charge in [0.15, 0.2) is 0 Å². The Morgan fingerprint density at radius 3 is 2.90 bits per heavy atom. The van der Waals surface area contributed by atoms with Crippen molar-refractivity contribution in [3.8, 4) is 5.75 Å². The van der Waals surface area contributed by atoms with Crippen LogP contribution in [0.5, 0.6) is 5.75 Å². The molecule has 0 spiro atoms. The number of halogens is 1. The highest BCUT2D eigenvalue weighted by atomic mass is 35.5. The molecule has 2 atom stereocenters. The second kappa shape index (κ2) is 5.33. The Balaban J connectivity index is 1.64. The molecule has 0 fully saturated rings. The SMILES string of the molecule is CC1Cc2cc(C(Cl)c3cc4c(s3)CCCC4)ccc2O1. The van der Waals surface area contributed by atoms with Crippen molar-refractivity contribution >= 4 is 22.9 Å². The van der Waals surface area contributed by atoms with Gasteiger partial charge in [-0.05, 0) is 61.4 Å². The zero-order chi connectivity index (χ0) is 14.4. The molecule has 1 nitrogen and oxygen atoms in total. The van der Waals surface area contributed by atoms with E-state index in [1.165, 1.54) is 47.3 Å². The van der Waals surface area contributed by atoms with Gasteiger partial charge in [-0.25, -0.2) is 0 Å². The lowest BCUT2D eigenvalue weighted by Crippen LogP contribution is -2.05. The van der Waals surface area contributed by atoms with Crippen molar-refractivity contribution in [2.75, 3.05) is 0 Å². The van der Waals surface area contributed by atoms with Crippen LogP contribution in [0.1, 0.15) is 51.6 Å². The Bertz CT molecular complexity index is 652. The molecule has 21 heavy (non-hydrogen) atoms. The maximum absolute atomic E-state index is 6.76. The van der Waals surface area contributed by atoms with Crippen molar-refractivity contribution in [2.45, 2.75) is 50.5 Å². The number of thiophene rings is 1. The summed E-state index contributed by atoms with van der Waals surface area (Å²) in [7, 11) is 0. The predicted molar refractivity (Wildman–Crippen MR) is 88.9 cm³/mol. The minimum Gasteiger partial charge on any atom is -0.490 e. The van der Waals surface area contributed by atoms with Crippen LogP contribution in [0, 0.1) is 0 Å². The number of rotatable bonds is 2. The first-order valence-electron chi connectivity index (χ1n) is 7.76. The highest BCUT2D eigenvalue weighted by Gasteiger charge is 2.23. The van der Waals surface area contributed by atoms with Crippen molar-refractivity contribution in [3.63, 3.8) is 0 Å². The molecule has 1 aromatic heterocycles.